The molecule has 1 saturated heterocycles. The number of carbonyl (C=O) groups excluding carboxylic acids is 1. The minimum atomic E-state index is 0.185. The number of carbonyl (C=O) groups is 1. The second-order valence-electron chi connectivity index (χ2n) is 3.36. The van der Waals surface area contributed by atoms with Crippen molar-refractivity contribution in [2.45, 2.75) is 19.8 Å². The summed E-state index contributed by atoms with van der Waals surface area (Å²) in [6.07, 6.45) is 1.51. The summed E-state index contributed by atoms with van der Waals surface area (Å²) >= 11 is 0. The van der Waals surface area contributed by atoms with Crippen molar-refractivity contribution in [2.75, 3.05) is 39.5 Å². The molecule has 1 amide bonds. The van der Waals surface area contributed by atoms with Crippen LogP contribution < -0.4 is 0 Å². The fourth-order valence-corrected chi connectivity index (χ4v) is 1.38. The van der Waals surface area contributed by atoms with Crippen molar-refractivity contribution in [3.8, 4) is 0 Å². The van der Waals surface area contributed by atoms with E-state index < -0.39 is 0 Å². The molecule has 0 bridgehead atoms. The third-order valence-electron chi connectivity index (χ3n) is 2.17. The van der Waals surface area contributed by atoms with E-state index in [0.717, 1.165) is 26.1 Å². The van der Waals surface area contributed by atoms with Crippen LogP contribution in [0.15, 0.2) is 0 Å². The molecule has 0 aromatic carbocycles. The van der Waals surface area contributed by atoms with Crippen LogP contribution in [0.5, 0.6) is 0 Å². The summed E-state index contributed by atoms with van der Waals surface area (Å²) in [5, 5.41) is 0. The molecule has 0 aromatic heterocycles. The largest absolute Gasteiger partial charge is 0.381 e. The first-order valence-electron chi connectivity index (χ1n) is 5.28. The Bertz CT molecular complexity index is 167. The summed E-state index contributed by atoms with van der Waals surface area (Å²) in [6.45, 7) is 6.15. The van der Waals surface area contributed by atoms with E-state index >= 15 is 0 Å². The van der Waals surface area contributed by atoms with E-state index in [9.17, 15) is 4.79 Å². The maximum atomic E-state index is 11.6. The molecular weight excluding hydrogens is 182 g/mol. The van der Waals surface area contributed by atoms with Gasteiger partial charge in [-0.3, -0.25) is 4.79 Å². The molecule has 0 saturated carbocycles. The molecule has 4 heteroatoms. The van der Waals surface area contributed by atoms with Gasteiger partial charge in [0.15, 0.2) is 0 Å². The highest BCUT2D eigenvalue weighted by Gasteiger charge is 2.15. The molecule has 1 heterocycles. The van der Waals surface area contributed by atoms with Crippen molar-refractivity contribution in [3.05, 3.63) is 0 Å². The van der Waals surface area contributed by atoms with Gasteiger partial charge < -0.3 is 14.4 Å². The first kappa shape index (κ1) is 11.5. The van der Waals surface area contributed by atoms with Crippen LogP contribution in [0, 0.1) is 0 Å². The van der Waals surface area contributed by atoms with E-state index in [1.807, 2.05) is 4.90 Å². The van der Waals surface area contributed by atoms with Crippen LogP contribution in [-0.4, -0.2) is 50.3 Å². The first-order valence-corrected chi connectivity index (χ1v) is 5.28. The van der Waals surface area contributed by atoms with E-state index in [1.54, 1.807) is 0 Å². The van der Waals surface area contributed by atoms with E-state index in [2.05, 4.69) is 6.92 Å². The molecule has 1 rings (SSSR count). The zero-order valence-electron chi connectivity index (χ0n) is 8.83. The fraction of sp³-hybridized carbons (Fsp3) is 0.900. The molecule has 82 valence electrons. The zero-order valence-corrected chi connectivity index (χ0v) is 8.83. The molecule has 4 nitrogen and oxygen atoms in total. The summed E-state index contributed by atoms with van der Waals surface area (Å²) in [5.74, 6) is 0.185. The smallest absolute Gasteiger partial charge is 0.225 e. The normalized spacial score (nSPS) is 17.1. The molecule has 0 aromatic rings. The molecule has 1 fully saturated rings. The summed E-state index contributed by atoms with van der Waals surface area (Å²) in [4.78, 5) is 13.4. The quantitative estimate of drug-likeness (QED) is 0.613. The minimum absolute atomic E-state index is 0.185. The molecular formula is C10H19NO3. The van der Waals surface area contributed by atoms with Crippen molar-refractivity contribution in [2.24, 2.45) is 0 Å². The van der Waals surface area contributed by atoms with Gasteiger partial charge >= 0.3 is 0 Å². The van der Waals surface area contributed by atoms with E-state index in [1.165, 1.54) is 0 Å². The number of amides is 1. The molecule has 0 radical (unpaired) electrons. The lowest BCUT2D eigenvalue weighted by Gasteiger charge is -2.26. The zero-order chi connectivity index (χ0) is 10.2. The van der Waals surface area contributed by atoms with Gasteiger partial charge in [-0.1, -0.05) is 6.92 Å². The molecule has 1 aliphatic heterocycles. The summed E-state index contributed by atoms with van der Waals surface area (Å²) in [6, 6.07) is 0. The number of rotatable bonds is 5. The highest BCUT2D eigenvalue weighted by molar-refractivity contribution is 5.76. The predicted molar refractivity (Wildman–Crippen MR) is 53.1 cm³/mol. The summed E-state index contributed by atoms with van der Waals surface area (Å²) < 4.78 is 10.4. The SMILES string of the molecule is CCCOCCC(=O)N1CCOCC1. The van der Waals surface area contributed by atoms with Crippen LogP contribution in [0.1, 0.15) is 19.8 Å². The van der Waals surface area contributed by atoms with Crippen molar-refractivity contribution in [1.29, 1.82) is 0 Å². The third kappa shape index (κ3) is 4.07. The van der Waals surface area contributed by atoms with Crippen LogP contribution in [0.3, 0.4) is 0 Å². The van der Waals surface area contributed by atoms with Crippen LogP contribution in [0.4, 0.5) is 0 Å². The van der Waals surface area contributed by atoms with Crippen molar-refractivity contribution in [3.63, 3.8) is 0 Å². The Morgan fingerprint density at radius 3 is 2.71 bits per heavy atom. The highest BCUT2D eigenvalue weighted by Crippen LogP contribution is 2.00. The van der Waals surface area contributed by atoms with Crippen molar-refractivity contribution in [1.82, 2.24) is 4.90 Å². The third-order valence-corrected chi connectivity index (χ3v) is 2.17. The molecule has 0 unspecified atom stereocenters. The topological polar surface area (TPSA) is 38.8 Å². The Kier molecular flexibility index (Phi) is 5.56. The maximum absolute atomic E-state index is 11.6. The van der Waals surface area contributed by atoms with Gasteiger partial charge in [0, 0.05) is 19.7 Å². The summed E-state index contributed by atoms with van der Waals surface area (Å²) in [7, 11) is 0. The van der Waals surface area contributed by atoms with Gasteiger partial charge in [-0.05, 0) is 6.42 Å². The number of hydrogen-bond acceptors (Lipinski definition) is 3. The van der Waals surface area contributed by atoms with Gasteiger partial charge in [0.2, 0.25) is 5.91 Å². The van der Waals surface area contributed by atoms with E-state index in [0.29, 0.717) is 26.2 Å². The molecule has 14 heavy (non-hydrogen) atoms. The average Bonchev–Trinajstić information content (AvgIpc) is 2.25. The molecule has 0 N–H and O–H groups in total. The number of ether oxygens (including phenoxy) is 2. The van der Waals surface area contributed by atoms with Crippen LogP contribution in [0.25, 0.3) is 0 Å². The fourth-order valence-electron chi connectivity index (χ4n) is 1.38. The predicted octanol–water partition coefficient (Wildman–Crippen LogP) is 0.662. The summed E-state index contributed by atoms with van der Waals surface area (Å²) in [5.41, 5.74) is 0. The standard InChI is InChI=1S/C10H19NO3/c1-2-6-13-7-3-10(12)11-4-8-14-9-5-11/h2-9H2,1H3. The Morgan fingerprint density at radius 1 is 1.36 bits per heavy atom. The van der Waals surface area contributed by atoms with Crippen LogP contribution >= 0.6 is 0 Å². The lowest BCUT2D eigenvalue weighted by molar-refractivity contribution is -0.136. The van der Waals surface area contributed by atoms with Gasteiger partial charge in [-0.2, -0.15) is 0 Å². The second-order valence-corrected chi connectivity index (χ2v) is 3.36. The van der Waals surface area contributed by atoms with Gasteiger partial charge in [0.25, 0.3) is 0 Å². The maximum Gasteiger partial charge on any atom is 0.225 e. The monoisotopic (exact) mass is 201 g/mol. The minimum Gasteiger partial charge on any atom is -0.381 e. The number of morpholine rings is 1. The van der Waals surface area contributed by atoms with Crippen molar-refractivity contribution >= 4 is 5.91 Å². The van der Waals surface area contributed by atoms with Crippen LogP contribution in [-0.2, 0) is 14.3 Å². The van der Waals surface area contributed by atoms with Gasteiger partial charge in [-0.25, -0.2) is 0 Å². The Hall–Kier alpha value is -0.610. The lowest BCUT2D eigenvalue weighted by Crippen LogP contribution is -2.41. The van der Waals surface area contributed by atoms with Gasteiger partial charge in [0.1, 0.15) is 0 Å². The van der Waals surface area contributed by atoms with Crippen molar-refractivity contribution < 1.29 is 14.3 Å². The van der Waals surface area contributed by atoms with Crippen LogP contribution in [0.2, 0.25) is 0 Å². The molecule has 1 aliphatic rings. The lowest BCUT2D eigenvalue weighted by atomic mass is 10.3. The Morgan fingerprint density at radius 2 is 2.07 bits per heavy atom. The average molecular weight is 201 g/mol. The van der Waals surface area contributed by atoms with Gasteiger partial charge in [-0.15, -0.1) is 0 Å². The Balaban J connectivity index is 2.07. The van der Waals surface area contributed by atoms with Gasteiger partial charge in [0.05, 0.1) is 26.2 Å². The van der Waals surface area contributed by atoms with E-state index in [-0.39, 0.29) is 5.91 Å². The number of hydrogen-bond donors (Lipinski definition) is 0. The Labute approximate surface area is 85.2 Å². The number of nitrogens with zero attached hydrogens (tertiary/aromatic N) is 1. The molecule has 0 atom stereocenters. The first-order chi connectivity index (χ1) is 6.84. The second kappa shape index (κ2) is 6.79. The molecule has 0 aliphatic carbocycles. The highest BCUT2D eigenvalue weighted by atomic mass is 16.5. The van der Waals surface area contributed by atoms with E-state index in [4.69, 9.17) is 9.47 Å². The molecule has 0 spiro atoms.